The van der Waals surface area contributed by atoms with Crippen molar-refractivity contribution in [2.45, 2.75) is 31.4 Å². The molecule has 1 aliphatic heterocycles. The van der Waals surface area contributed by atoms with Crippen LogP contribution in [0.15, 0.2) is 85.1 Å². The Morgan fingerprint density at radius 2 is 1.86 bits per heavy atom. The highest BCUT2D eigenvalue weighted by molar-refractivity contribution is 5.79. The third-order valence-corrected chi connectivity index (χ3v) is 7.23. The molecule has 3 unspecified atom stereocenters. The second-order valence-electron chi connectivity index (χ2n) is 9.66. The van der Waals surface area contributed by atoms with Crippen molar-refractivity contribution >= 4 is 10.9 Å². The Balaban J connectivity index is 1.14. The Bertz CT molecular complexity index is 1300. The van der Waals surface area contributed by atoms with Crippen molar-refractivity contribution in [2.75, 3.05) is 26.3 Å². The number of aromatic nitrogens is 1. The average molecular weight is 500 g/mol. The molecule has 0 bridgehead atoms. The molecule has 37 heavy (non-hydrogen) atoms. The summed E-state index contributed by atoms with van der Waals surface area (Å²) in [6, 6.07) is 25.4. The summed E-state index contributed by atoms with van der Waals surface area (Å²) in [6.07, 6.45) is 3.61. The minimum absolute atomic E-state index is 0.0792. The summed E-state index contributed by atoms with van der Waals surface area (Å²) in [6.45, 7) is 3.21. The lowest BCUT2D eigenvalue weighted by atomic mass is 9.75. The molecule has 192 valence electrons. The normalized spacial score (nSPS) is 18.5. The molecule has 0 radical (unpaired) electrons. The van der Waals surface area contributed by atoms with Crippen LogP contribution in [-0.2, 0) is 11.3 Å². The Morgan fingerprint density at radius 3 is 2.73 bits per heavy atom. The second-order valence-corrected chi connectivity index (χ2v) is 9.66. The molecule has 1 aromatic heterocycles. The molecule has 3 aromatic carbocycles. The van der Waals surface area contributed by atoms with Crippen LogP contribution in [0.1, 0.15) is 41.5 Å². The number of hydrogen-bond acceptors (Lipinski definition) is 5. The highest BCUT2D eigenvalue weighted by Crippen LogP contribution is 2.38. The molecule has 0 saturated carbocycles. The van der Waals surface area contributed by atoms with Crippen LogP contribution in [-0.4, -0.2) is 31.3 Å². The predicted molar refractivity (Wildman–Crippen MR) is 145 cm³/mol. The molecule has 5 nitrogen and oxygen atoms in total. The van der Waals surface area contributed by atoms with Gasteiger partial charge in [-0.15, -0.1) is 0 Å². The average Bonchev–Trinajstić information content (AvgIpc) is 2.95. The van der Waals surface area contributed by atoms with Gasteiger partial charge >= 0.3 is 0 Å². The lowest BCUT2D eigenvalue weighted by Crippen LogP contribution is -2.41. The summed E-state index contributed by atoms with van der Waals surface area (Å²) in [5.74, 6) is 1.27. The molecule has 2 heterocycles. The molecular weight excluding hydrogens is 465 g/mol. The van der Waals surface area contributed by atoms with Crippen LogP contribution in [0.4, 0.5) is 4.39 Å². The summed E-state index contributed by atoms with van der Waals surface area (Å²) >= 11 is 0. The van der Waals surface area contributed by atoms with Gasteiger partial charge in [0.15, 0.2) is 0 Å². The van der Waals surface area contributed by atoms with E-state index >= 15 is 0 Å². The van der Waals surface area contributed by atoms with Crippen LogP contribution in [0.2, 0.25) is 0 Å². The largest absolute Gasteiger partial charge is 0.494 e. The summed E-state index contributed by atoms with van der Waals surface area (Å²) in [5, 5.41) is 4.67. The van der Waals surface area contributed by atoms with Gasteiger partial charge in [0.05, 0.1) is 25.3 Å². The maximum Gasteiger partial charge on any atom is 0.128 e. The van der Waals surface area contributed by atoms with Crippen LogP contribution < -0.4 is 15.8 Å². The van der Waals surface area contributed by atoms with Gasteiger partial charge in [-0.05, 0) is 66.3 Å². The topological polar surface area (TPSA) is 69.4 Å². The standard InChI is InChI=1S/C31H34FN3O2/c32-29-7-2-1-5-25(29)21-36-17-4-18-37-26-12-10-22(11-13-26)27-14-16-34-20-28(27)31(33)24-9-8-23-6-3-15-35-30(23)19-24/h1-3,5-13,15,19,27-28,31,34H,4,14,16-18,20-21,33H2. The Morgan fingerprint density at radius 1 is 1.00 bits per heavy atom. The number of nitrogens with one attached hydrogen (secondary N) is 1. The van der Waals surface area contributed by atoms with E-state index in [0.29, 0.717) is 24.7 Å². The second kappa shape index (κ2) is 12.3. The fraction of sp³-hybridized carbons (Fsp3) is 0.323. The summed E-state index contributed by atoms with van der Waals surface area (Å²) in [7, 11) is 0. The first-order valence-electron chi connectivity index (χ1n) is 13.0. The van der Waals surface area contributed by atoms with Gasteiger partial charge in [-0.3, -0.25) is 4.98 Å². The van der Waals surface area contributed by atoms with Crippen LogP contribution in [0.5, 0.6) is 5.75 Å². The zero-order valence-corrected chi connectivity index (χ0v) is 21.0. The summed E-state index contributed by atoms with van der Waals surface area (Å²) in [5.41, 5.74) is 10.8. The number of rotatable bonds is 10. The van der Waals surface area contributed by atoms with E-state index in [9.17, 15) is 4.39 Å². The number of ether oxygens (including phenoxy) is 2. The lowest BCUT2D eigenvalue weighted by molar-refractivity contribution is 0.105. The van der Waals surface area contributed by atoms with Crippen LogP contribution in [0.25, 0.3) is 10.9 Å². The fourth-order valence-corrected chi connectivity index (χ4v) is 5.17. The van der Waals surface area contributed by atoms with E-state index in [-0.39, 0.29) is 24.4 Å². The van der Waals surface area contributed by atoms with Crippen LogP contribution in [0.3, 0.4) is 0 Å². The van der Waals surface area contributed by atoms with E-state index in [1.807, 2.05) is 30.5 Å². The monoisotopic (exact) mass is 499 g/mol. The number of benzene rings is 3. The quantitative estimate of drug-likeness (QED) is 0.272. The van der Waals surface area contributed by atoms with Gasteiger partial charge in [0.2, 0.25) is 0 Å². The van der Waals surface area contributed by atoms with Gasteiger partial charge in [-0.2, -0.15) is 0 Å². The molecule has 5 rings (SSSR count). The smallest absolute Gasteiger partial charge is 0.128 e. The summed E-state index contributed by atoms with van der Waals surface area (Å²) < 4.78 is 25.1. The van der Waals surface area contributed by atoms with E-state index in [1.54, 1.807) is 12.1 Å². The minimum Gasteiger partial charge on any atom is -0.494 e. The fourth-order valence-electron chi connectivity index (χ4n) is 5.17. The van der Waals surface area contributed by atoms with E-state index in [0.717, 1.165) is 48.1 Å². The maximum absolute atomic E-state index is 13.6. The molecule has 1 fully saturated rings. The number of fused-ring (bicyclic) bond motifs is 1. The number of hydrogen-bond donors (Lipinski definition) is 2. The third-order valence-electron chi connectivity index (χ3n) is 7.23. The van der Waals surface area contributed by atoms with Crippen molar-refractivity contribution in [3.63, 3.8) is 0 Å². The number of halogens is 1. The summed E-state index contributed by atoms with van der Waals surface area (Å²) in [4.78, 5) is 4.51. The zero-order chi connectivity index (χ0) is 25.5. The van der Waals surface area contributed by atoms with Gasteiger partial charge < -0.3 is 20.5 Å². The third kappa shape index (κ3) is 6.34. The Kier molecular flexibility index (Phi) is 8.41. The van der Waals surface area contributed by atoms with E-state index in [1.165, 1.54) is 11.6 Å². The Hall–Kier alpha value is -3.32. The Labute approximate surface area is 217 Å². The first-order valence-corrected chi connectivity index (χ1v) is 13.0. The molecular formula is C31H34FN3O2. The lowest BCUT2D eigenvalue weighted by Gasteiger charge is -2.36. The van der Waals surface area contributed by atoms with Crippen molar-refractivity contribution in [2.24, 2.45) is 11.7 Å². The first kappa shape index (κ1) is 25.3. The van der Waals surface area contributed by atoms with Gasteiger partial charge in [0.25, 0.3) is 0 Å². The van der Waals surface area contributed by atoms with Crippen molar-refractivity contribution in [1.82, 2.24) is 10.3 Å². The molecule has 0 amide bonds. The van der Waals surface area contributed by atoms with Crippen LogP contribution >= 0.6 is 0 Å². The molecule has 0 aliphatic carbocycles. The molecule has 1 aliphatic rings. The van der Waals surface area contributed by atoms with Gasteiger partial charge in [0.1, 0.15) is 11.6 Å². The van der Waals surface area contributed by atoms with Gasteiger partial charge in [-0.1, -0.05) is 48.5 Å². The number of pyridine rings is 1. The van der Waals surface area contributed by atoms with Gasteiger partial charge in [-0.25, -0.2) is 4.39 Å². The highest BCUT2D eigenvalue weighted by Gasteiger charge is 2.32. The zero-order valence-electron chi connectivity index (χ0n) is 21.0. The molecule has 3 N–H and O–H groups in total. The number of piperidine rings is 1. The number of nitrogens with zero attached hydrogens (tertiary/aromatic N) is 1. The highest BCUT2D eigenvalue weighted by atomic mass is 19.1. The SMILES string of the molecule is NC(c1ccc2cccnc2c1)C1CNCCC1c1ccc(OCCCOCc2ccccc2F)cc1. The predicted octanol–water partition coefficient (Wildman–Crippen LogP) is 5.75. The van der Waals surface area contributed by atoms with E-state index in [2.05, 4.69) is 46.7 Å². The molecule has 4 aromatic rings. The number of nitrogens with two attached hydrogens (primary N) is 1. The molecule has 3 atom stereocenters. The molecule has 1 saturated heterocycles. The van der Waals surface area contributed by atoms with Crippen molar-refractivity contribution in [3.05, 3.63) is 108 Å². The van der Waals surface area contributed by atoms with Gasteiger partial charge in [0, 0.05) is 36.2 Å². The van der Waals surface area contributed by atoms with E-state index < -0.39 is 0 Å². The van der Waals surface area contributed by atoms with Crippen LogP contribution in [0, 0.1) is 11.7 Å². The maximum atomic E-state index is 13.6. The van der Waals surface area contributed by atoms with Crippen molar-refractivity contribution < 1.29 is 13.9 Å². The minimum atomic E-state index is -0.231. The van der Waals surface area contributed by atoms with Crippen molar-refractivity contribution in [3.8, 4) is 5.75 Å². The molecule has 0 spiro atoms. The first-order chi connectivity index (χ1) is 18.2. The van der Waals surface area contributed by atoms with Crippen molar-refractivity contribution in [1.29, 1.82) is 0 Å². The molecule has 6 heteroatoms. The van der Waals surface area contributed by atoms with E-state index in [4.69, 9.17) is 15.2 Å².